The molecule has 1 unspecified atom stereocenters. The van der Waals surface area contributed by atoms with Gasteiger partial charge < -0.3 is 15.0 Å². The highest BCUT2D eigenvalue weighted by atomic mass is 35.5. The molecule has 0 aliphatic carbocycles. The van der Waals surface area contributed by atoms with Gasteiger partial charge in [0.05, 0.1) is 35.6 Å². The molecule has 3 aromatic rings. The number of nitrogens with one attached hydrogen (secondary N) is 2. The number of aromatic nitrogens is 2. The van der Waals surface area contributed by atoms with E-state index in [4.69, 9.17) is 16.3 Å². The number of H-pyrrole nitrogens is 1. The van der Waals surface area contributed by atoms with Crippen LogP contribution in [0.3, 0.4) is 0 Å². The Labute approximate surface area is 192 Å². The number of rotatable bonds is 8. The lowest BCUT2D eigenvalue weighted by Crippen LogP contribution is -2.33. The summed E-state index contributed by atoms with van der Waals surface area (Å²) in [4.78, 5) is 19.9. The Morgan fingerprint density at radius 2 is 1.94 bits per heavy atom. The molecular weight excluding hydrogens is 452 g/mol. The first-order valence-corrected chi connectivity index (χ1v) is 12.3. The number of benzene rings is 1. The third kappa shape index (κ3) is 5.34. The molecule has 32 heavy (non-hydrogen) atoms. The van der Waals surface area contributed by atoms with Crippen LogP contribution in [0.4, 0.5) is 11.5 Å². The minimum atomic E-state index is -3.45. The van der Waals surface area contributed by atoms with E-state index in [9.17, 15) is 13.2 Å². The van der Waals surface area contributed by atoms with Crippen molar-refractivity contribution in [2.24, 2.45) is 5.92 Å². The number of aromatic amines is 1. The molecule has 8 nitrogen and oxygen atoms in total. The van der Waals surface area contributed by atoms with Crippen LogP contribution >= 0.6 is 11.6 Å². The number of ether oxygens (including phenoxy) is 1. The van der Waals surface area contributed by atoms with Crippen LogP contribution in [-0.2, 0) is 10.0 Å². The quantitative estimate of drug-likeness (QED) is 0.503. The SMILES string of the molecule is COc1cc2[nH]c(=O)c(C(C)Nc3cc(N(CC(C)C)S(C)(=O)=O)ccn3)cc2cc1Cl. The fraction of sp³-hybridized carbons (Fsp3) is 0.364. The third-order valence-electron chi connectivity index (χ3n) is 4.94. The van der Waals surface area contributed by atoms with E-state index >= 15 is 0 Å². The Kier molecular flexibility index (Phi) is 7.00. The Bertz CT molecular complexity index is 1290. The summed E-state index contributed by atoms with van der Waals surface area (Å²) in [7, 11) is -1.94. The Morgan fingerprint density at radius 1 is 1.22 bits per heavy atom. The maximum atomic E-state index is 12.7. The number of fused-ring (bicyclic) bond motifs is 1. The highest BCUT2D eigenvalue weighted by molar-refractivity contribution is 7.92. The van der Waals surface area contributed by atoms with Crippen LogP contribution in [0.15, 0.2) is 41.3 Å². The Hall–Kier alpha value is -2.78. The molecule has 3 rings (SSSR count). The van der Waals surface area contributed by atoms with Crippen LogP contribution in [0, 0.1) is 5.92 Å². The summed E-state index contributed by atoms with van der Waals surface area (Å²) in [5.74, 6) is 1.08. The van der Waals surface area contributed by atoms with Crippen molar-refractivity contribution in [2.75, 3.05) is 29.5 Å². The molecule has 2 N–H and O–H groups in total. The molecule has 0 amide bonds. The molecule has 0 saturated carbocycles. The highest BCUT2D eigenvalue weighted by Gasteiger charge is 2.20. The zero-order valence-electron chi connectivity index (χ0n) is 18.6. The van der Waals surface area contributed by atoms with Crippen LogP contribution < -0.4 is 19.9 Å². The lowest BCUT2D eigenvalue weighted by atomic mass is 10.1. The summed E-state index contributed by atoms with van der Waals surface area (Å²) in [5.41, 5.74) is 1.37. The predicted octanol–water partition coefficient (Wildman–Crippen LogP) is 4.18. The van der Waals surface area contributed by atoms with Gasteiger partial charge in [-0.25, -0.2) is 13.4 Å². The monoisotopic (exact) mass is 478 g/mol. The number of nitrogens with zero attached hydrogens (tertiary/aromatic N) is 2. The van der Waals surface area contributed by atoms with Crippen molar-refractivity contribution in [3.8, 4) is 5.75 Å². The molecule has 0 aliphatic rings. The second-order valence-electron chi connectivity index (χ2n) is 8.08. The van der Waals surface area contributed by atoms with Gasteiger partial charge in [0.15, 0.2) is 0 Å². The van der Waals surface area contributed by atoms with Gasteiger partial charge >= 0.3 is 0 Å². The van der Waals surface area contributed by atoms with E-state index in [1.165, 1.54) is 17.7 Å². The zero-order valence-corrected chi connectivity index (χ0v) is 20.2. The molecule has 1 atom stereocenters. The van der Waals surface area contributed by atoms with Gasteiger partial charge in [0.2, 0.25) is 10.0 Å². The Balaban J connectivity index is 1.93. The molecule has 2 aromatic heterocycles. The van der Waals surface area contributed by atoms with Crippen molar-refractivity contribution in [3.05, 3.63) is 57.5 Å². The second-order valence-corrected chi connectivity index (χ2v) is 10.4. The summed E-state index contributed by atoms with van der Waals surface area (Å²) >= 11 is 6.23. The minimum absolute atomic E-state index is 0.148. The molecule has 2 heterocycles. The van der Waals surface area contributed by atoms with Gasteiger partial charge in [-0.15, -0.1) is 0 Å². The van der Waals surface area contributed by atoms with Crippen molar-refractivity contribution in [1.82, 2.24) is 9.97 Å². The maximum Gasteiger partial charge on any atom is 0.253 e. The van der Waals surface area contributed by atoms with Crippen molar-refractivity contribution in [2.45, 2.75) is 26.8 Å². The van der Waals surface area contributed by atoms with Crippen LogP contribution in [-0.4, -0.2) is 38.3 Å². The van der Waals surface area contributed by atoms with E-state index < -0.39 is 16.1 Å². The summed E-state index contributed by atoms with van der Waals surface area (Å²) < 4.78 is 31.1. The first-order chi connectivity index (χ1) is 15.0. The average molecular weight is 479 g/mol. The molecule has 1 aromatic carbocycles. The van der Waals surface area contributed by atoms with Crippen LogP contribution in [0.5, 0.6) is 5.75 Å². The molecule has 0 saturated heterocycles. The first-order valence-electron chi connectivity index (χ1n) is 10.1. The predicted molar refractivity (Wildman–Crippen MR) is 129 cm³/mol. The Morgan fingerprint density at radius 3 is 2.56 bits per heavy atom. The van der Waals surface area contributed by atoms with E-state index in [0.29, 0.717) is 39.9 Å². The molecule has 0 spiro atoms. The molecule has 0 radical (unpaired) electrons. The van der Waals surface area contributed by atoms with Crippen molar-refractivity contribution < 1.29 is 13.2 Å². The second kappa shape index (κ2) is 9.38. The average Bonchev–Trinajstić information content (AvgIpc) is 2.70. The number of halogens is 1. The van der Waals surface area contributed by atoms with E-state index in [0.717, 1.165) is 5.39 Å². The van der Waals surface area contributed by atoms with E-state index in [1.807, 2.05) is 20.8 Å². The molecule has 0 fully saturated rings. The topological polar surface area (TPSA) is 104 Å². The fourth-order valence-corrected chi connectivity index (χ4v) is 4.73. The zero-order chi connectivity index (χ0) is 23.6. The number of hydrogen-bond acceptors (Lipinski definition) is 6. The van der Waals surface area contributed by atoms with Gasteiger partial charge in [0.25, 0.3) is 5.56 Å². The summed E-state index contributed by atoms with van der Waals surface area (Å²) in [6.45, 7) is 6.09. The normalized spacial score (nSPS) is 12.7. The van der Waals surface area contributed by atoms with Gasteiger partial charge in [0.1, 0.15) is 11.6 Å². The van der Waals surface area contributed by atoms with Crippen LogP contribution in [0.1, 0.15) is 32.4 Å². The smallest absolute Gasteiger partial charge is 0.253 e. The van der Waals surface area contributed by atoms with Crippen LogP contribution in [0.25, 0.3) is 10.9 Å². The number of anilines is 2. The summed E-state index contributed by atoms with van der Waals surface area (Å²) in [6.07, 6.45) is 2.72. The fourth-order valence-electron chi connectivity index (χ4n) is 3.42. The van der Waals surface area contributed by atoms with E-state index in [2.05, 4.69) is 15.3 Å². The largest absolute Gasteiger partial charge is 0.495 e. The number of pyridine rings is 2. The maximum absolute atomic E-state index is 12.7. The minimum Gasteiger partial charge on any atom is -0.495 e. The van der Waals surface area contributed by atoms with Crippen molar-refractivity contribution in [3.63, 3.8) is 0 Å². The van der Waals surface area contributed by atoms with E-state index in [1.54, 1.807) is 36.5 Å². The highest BCUT2D eigenvalue weighted by Crippen LogP contribution is 2.30. The van der Waals surface area contributed by atoms with Crippen molar-refractivity contribution >= 4 is 44.0 Å². The summed E-state index contributed by atoms with van der Waals surface area (Å²) in [5, 5.41) is 4.40. The van der Waals surface area contributed by atoms with Gasteiger partial charge in [-0.1, -0.05) is 25.4 Å². The number of methoxy groups -OCH3 is 1. The lowest BCUT2D eigenvalue weighted by molar-refractivity contribution is 0.415. The standard InChI is InChI=1S/C22H27ClN4O4S/c1-13(2)12-27(32(5,29)30)16-6-7-24-21(10-16)25-14(3)17-8-15-9-18(23)20(31-4)11-19(15)26-22(17)28/h6-11,13-14H,12H2,1-5H3,(H,24,25)(H,26,28). The molecule has 0 bridgehead atoms. The third-order valence-corrected chi connectivity index (χ3v) is 6.39. The molecule has 172 valence electrons. The van der Waals surface area contributed by atoms with Crippen LogP contribution in [0.2, 0.25) is 5.02 Å². The molecule has 0 aliphatic heterocycles. The lowest BCUT2D eigenvalue weighted by Gasteiger charge is -2.25. The van der Waals surface area contributed by atoms with Crippen molar-refractivity contribution in [1.29, 1.82) is 0 Å². The van der Waals surface area contributed by atoms with E-state index in [-0.39, 0.29) is 11.5 Å². The van der Waals surface area contributed by atoms with Gasteiger partial charge in [0, 0.05) is 35.8 Å². The number of hydrogen-bond donors (Lipinski definition) is 2. The molecule has 10 heteroatoms. The van der Waals surface area contributed by atoms with Gasteiger partial charge in [-0.3, -0.25) is 9.10 Å². The summed E-state index contributed by atoms with van der Waals surface area (Å²) in [6, 6.07) is 8.09. The van der Waals surface area contributed by atoms with Gasteiger partial charge in [-0.05, 0) is 31.0 Å². The number of sulfonamides is 1. The first kappa shape index (κ1) is 23.9. The van der Waals surface area contributed by atoms with Gasteiger partial charge in [-0.2, -0.15) is 0 Å². The molecular formula is C22H27ClN4O4S.